The molecule has 1 atom stereocenters. The molecule has 3 nitrogen and oxygen atoms in total. The lowest BCUT2D eigenvalue weighted by Gasteiger charge is -2.27. The van der Waals surface area contributed by atoms with Crippen LogP contribution in [0.5, 0.6) is 0 Å². The van der Waals surface area contributed by atoms with Crippen LogP contribution in [-0.4, -0.2) is 28.4 Å². The van der Waals surface area contributed by atoms with Crippen molar-refractivity contribution in [2.24, 2.45) is 5.92 Å². The smallest absolute Gasteiger partial charge is 0.223 e. The predicted molar refractivity (Wildman–Crippen MR) is 72.0 cm³/mol. The predicted octanol–water partition coefficient (Wildman–Crippen LogP) is 2.44. The highest BCUT2D eigenvalue weighted by Crippen LogP contribution is 2.19. The van der Waals surface area contributed by atoms with E-state index in [0.717, 1.165) is 13.0 Å². The van der Waals surface area contributed by atoms with E-state index in [2.05, 4.69) is 31.0 Å². The summed E-state index contributed by atoms with van der Waals surface area (Å²) in [4.78, 5) is 18.2. The molecule has 2 rings (SSSR count). The van der Waals surface area contributed by atoms with Crippen molar-refractivity contribution >= 4 is 5.91 Å². The third-order valence-corrected chi connectivity index (χ3v) is 3.38. The van der Waals surface area contributed by atoms with E-state index in [1.54, 1.807) is 12.4 Å². The van der Waals surface area contributed by atoms with Gasteiger partial charge in [0.2, 0.25) is 5.91 Å². The van der Waals surface area contributed by atoms with Crippen molar-refractivity contribution in [3.8, 4) is 0 Å². The van der Waals surface area contributed by atoms with Crippen molar-refractivity contribution in [3.63, 3.8) is 0 Å². The van der Waals surface area contributed by atoms with E-state index in [1.165, 1.54) is 5.56 Å². The maximum Gasteiger partial charge on any atom is 0.223 e. The van der Waals surface area contributed by atoms with Gasteiger partial charge in [-0.15, -0.1) is 0 Å². The second-order valence-electron chi connectivity index (χ2n) is 5.06. The highest BCUT2D eigenvalue weighted by Gasteiger charge is 2.26. The maximum absolute atomic E-state index is 12.2. The standard InChI is InChI=1S/C15H20N2O/c1-12(2)14-4-3-11-17(14)15(18)6-5-13-7-9-16-10-8-13/h3-4,7-10,12,14H,5-6,11H2,1-2H3. The first-order valence-electron chi connectivity index (χ1n) is 6.53. The number of hydrogen-bond donors (Lipinski definition) is 0. The molecule has 0 N–H and O–H groups in total. The molecule has 0 radical (unpaired) electrons. The molecule has 0 saturated carbocycles. The molecule has 0 bridgehead atoms. The molecule has 1 amide bonds. The number of amides is 1. The van der Waals surface area contributed by atoms with Crippen molar-refractivity contribution in [3.05, 3.63) is 42.2 Å². The number of aromatic nitrogens is 1. The summed E-state index contributed by atoms with van der Waals surface area (Å²) in [6.07, 6.45) is 9.16. The topological polar surface area (TPSA) is 33.2 Å². The Balaban J connectivity index is 1.89. The highest BCUT2D eigenvalue weighted by molar-refractivity contribution is 5.77. The van der Waals surface area contributed by atoms with Gasteiger partial charge < -0.3 is 4.90 Å². The van der Waals surface area contributed by atoms with Crippen molar-refractivity contribution in [2.45, 2.75) is 32.7 Å². The highest BCUT2D eigenvalue weighted by atomic mass is 16.2. The van der Waals surface area contributed by atoms with Crippen molar-refractivity contribution < 1.29 is 4.79 Å². The molecule has 0 aromatic carbocycles. The van der Waals surface area contributed by atoms with Crippen molar-refractivity contribution in [1.29, 1.82) is 0 Å². The Hall–Kier alpha value is -1.64. The molecule has 0 spiro atoms. The van der Waals surface area contributed by atoms with Gasteiger partial charge in [0.05, 0.1) is 6.04 Å². The summed E-state index contributed by atoms with van der Waals surface area (Å²) < 4.78 is 0. The first-order chi connectivity index (χ1) is 8.68. The summed E-state index contributed by atoms with van der Waals surface area (Å²) in [5.41, 5.74) is 1.17. The Kier molecular flexibility index (Phi) is 4.13. The largest absolute Gasteiger partial charge is 0.332 e. The van der Waals surface area contributed by atoms with E-state index >= 15 is 0 Å². The number of hydrogen-bond acceptors (Lipinski definition) is 2. The number of nitrogens with zero attached hydrogens (tertiary/aromatic N) is 2. The van der Waals surface area contributed by atoms with Gasteiger partial charge in [0.25, 0.3) is 0 Å². The Morgan fingerprint density at radius 2 is 2.17 bits per heavy atom. The Morgan fingerprint density at radius 3 is 2.83 bits per heavy atom. The molecule has 3 heteroatoms. The monoisotopic (exact) mass is 244 g/mol. The third kappa shape index (κ3) is 2.97. The second kappa shape index (κ2) is 5.80. The lowest BCUT2D eigenvalue weighted by atomic mass is 10.0. The van der Waals surface area contributed by atoms with Crippen LogP contribution in [0.1, 0.15) is 25.8 Å². The van der Waals surface area contributed by atoms with Gasteiger partial charge in [0.15, 0.2) is 0 Å². The minimum Gasteiger partial charge on any atom is -0.332 e. The summed E-state index contributed by atoms with van der Waals surface area (Å²) in [6.45, 7) is 5.07. The molecule has 1 aromatic rings. The van der Waals surface area contributed by atoms with Crippen LogP contribution in [0.2, 0.25) is 0 Å². The fourth-order valence-corrected chi connectivity index (χ4v) is 2.33. The van der Waals surface area contributed by atoms with Gasteiger partial charge in [-0.05, 0) is 30.0 Å². The first-order valence-corrected chi connectivity index (χ1v) is 6.53. The number of pyridine rings is 1. The first kappa shape index (κ1) is 12.8. The van der Waals surface area contributed by atoms with Crippen LogP contribution in [0, 0.1) is 5.92 Å². The lowest BCUT2D eigenvalue weighted by molar-refractivity contribution is -0.132. The molecule has 0 aliphatic carbocycles. The van der Waals surface area contributed by atoms with Crippen LogP contribution >= 0.6 is 0 Å². The Labute approximate surface area is 109 Å². The minimum atomic E-state index is 0.246. The van der Waals surface area contributed by atoms with Gasteiger partial charge in [-0.3, -0.25) is 9.78 Å². The Bertz CT molecular complexity index is 425. The van der Waals surface area contributed by atoms with Crippen LogP contribution in [0.4, 0.5) is 0 Å². The van der Waals surface area contributed by atoms with E-state index in [4.69, 9.17) is 0 Å². The van der Waals surface area contributed by atoms with Gasteiger partial charge >= 0.3 is 0 Å². The lowest BCUT2D eigenvalue weighted by Crippen LogP contribution is -2.39. The fraction of sp³-hybridized carbons (Fsp3) is 0.467. The van der Waals surface area contributed by atoms with E-state index in [-0.39, 0.29) is 11.9 Å². The summed E-state index contributed by atoms with van der Waals surface area (Å²) in [6, 6.07) is 4.21. The van der Waals surface area contributed by atoms with Crippen molar-refractivity contribution in [1.82, 2.24) is 9.88 Å². The normalized spacial score (nSPS) is 18.6. The molecule has 0 saturated heterocycles. The molecule has 1 aliphatic rings. The molecule has 1 aliphatic heterocycles. The molecular formula is C15H20N2O. The van der Waals surface area contributed by atoms with Gasteiger partial charge in [-0.2, -0.15) is 0 Å². The van der Waals surface area contributed by atoms with Gasteiger partial charge in [-0.1, -0.05) is 26.0 Å². The van der Waals surface area contributed by atoms with Crippen LogP contribution in [0.3, 0.4) is 0 Å². The molecular weight excluding hydrogens is 224 g/mol. The number of aryl methyl sites for hydroxylation is 1. The van der Waals surface area contributed by atoms with E-state index in [9.17, 15) is 4.79 Å². The Morgan fingerprint density at radius 1 is 1.44 bits per heavy atom. The van der Waals surface area contributed by atoms with E-state index < -0.39 is 0 Å². The van der Waals surface area contributed by atoms with Gasteiger partial charge in [-0.25, -0.2) is 0 Å². The summed E-state index contributed by atoms with van der Waals surface area (Å²) in [5, 5.41) is 0. The average molecular weight is 244 g/mol. The zero-order valence-corrected chi connectivity index (χ0v) is 11.0. The second-order valence-corrected chi connectivity index (χ2v) is 5.06. The van der Waals surface area contributed by atoms with Gasteiger partial charge in [0.1, 0.15) is 0 Å². The average Bonchev–Trinajstić information content (AvgIpc) is 2.86. The summed E-state index contributed by atoms with van der Waals surface area (Å²) in [5.74, 6) is 0.726. The minimum absolute atomic E-state index is 0.246. The van der Waals surface area contributed by atoms with E-state index in [1.807, 2.05) is 17.0 Å². The number of carbonyl (C=O) groups excluding carboxylic acids is 1. The summed E-state index contributed by atoms with van der Waals surface area (Å²) >= 11 is 0. The molecule has 1 aromatic heterocycles. The maximum atomic E-state index is 12.2. The van der Waals surface area contributed by atoms with Crippen LogP contribution in [0.15, 0.2) is 36.7 Å². The molecule has 0 fully saturated rings. The van der Waals surface area contributed by atoms with Crippen LogP contribution < -0.4 is 0 Å². The summed E-state index contributed by atoms with van der Waals surface area (Å²) in [7, 11) is 0. The quantitative estimate of drug-likeness (QED) is 0.762. The molecule has 96 valence electrons. The van der Waals surface area contributed by atoms with Gasteiger partial charge in [0, 0.05) is 25.4 Å². The van der Waals surface area contributed by atoms with Crippen LogP contribution in [0.25, 0.3) is 0 Å². The zero-order chi connectivity index (χ0) is 13.0. The number of carbonyl (C=O) groups is 1. The molecule has 2 heterocycles. The molecule has 1 unspecified atom stereocenters. The SMILES string of the molecule is CC(C)C1C=CCN1C(=O)CCc1ccncc1. The third-order valence-electron chi connectivity index (χ3n) is 3.38. The number of rotatable bonds is 4. The van der Waals surface area contributed by atoms with Crippen LogP contribution in [-0.2, 0) is 11.2 Å². The van der Waals surface area contributed by atoms with Crippen molar-refractivity contribution in [2.75, 3.05) is 6.54 Å². The van der Waals surface area contributed by atoms with E-state index in [0.29, 0.717) is 12.3 Å². The molecule has 18 heavy (non-hydrogen) atoms. The zero-order valence-electron chi connectivity index (χ0n) is 11.0. The fourth-order valence-electron chi connectivity index (χ4n) is 2.33.